The van der Waals surface area contributed by atoms with Gasteiger partial charge in [0.25, 0.3) is 0 Å². The minimum atomic E-state index is -0.162. The molecule has 0 unspecified atom stereocenters. The minimum absolute atomic E-state index is 0.0211. The molecule has 0 saturated carbocycles. The Morgan fingerprint density at radius 2 is 2.04 bits per heavy atom. The summed E-state index contributed by atoms with van der Waals surface area (Å²) in [4.78, 5) is 27.8. The molecule has 6 heteroatoms. The summed E-state index contributed by atoms with van der Waals surface area (Å²) in [5.41, 5.74) is 2.72. The van der Waals surface area contributed by atoms with E-state index in [0.29, 0.717) is 26.1 Å². The van der Waals surface area contributed by atoms with Crippen LogP contribution in [0.1, 0.15) is 39.7 Å². The molecular weight excluding hydrogens is 318 g/mol. The van der Waals surface area contributed by atoms with Gasteiger partial charge < -0.3 is 20.2 Å². The SMILES string of the molecule is CC(=O)N1CCc2cc(NC(=O)N(CCCO)CC(C)(C)C)ccc21. The first kappa shape index (κ1) is 19.2. The highest BCUT2D eigenvalue weighted by molar-refractivity contribution is 5.95. The van der Waals surface area contributed by atoms with Crippen molar-refractivity contribution >= 4 is 23.3 Å². The number of benzene rings is 1. The number of amides is 3. The molecule has 0 aliphatic carbocycles. The maximum Gasteiger partial charge on any atom is 0.321 e. The van der Waals surface area contributed by atoms with Crippen LogP contribution >= 0.6 is 0 Å². The van der Waals surface area contributed by atoms with E-state index in [0.717, 1.165) is 23.4 Å². The van der Waals surface area contributed by atoms with Gasteiger partial charge in [0.1, 0.15) is 0 Å². The number of carbonyl (C=O) groups excluding carboxylic acids is 2. The Morgan fingerprint density at radius 1 is 1.32 bits per heavy atom. The van der Waals surface area contributed by atoms with E-state index in [1.54, 1.807) is 16.7 Å². The summed E-state index contributed by atoms with van der Waals surface area (Å²) < 4.78 is 0. The van der Waals surface area contributed by atoms with E-state index in [-0.39, 0.29) is 24.0 Å². The number of hydrogen-bond donors (Lipinski definition) is 2. The van der Waals surface area contributed by atoms with Gasteiger partial charge in [-0.2, -0.15) is 0 Å². The lowest BCUT2D eigenvalue weighted by Gasteiger charge is -2.30. The molecule has 2 rings (SSSR count). The third-order valence-corrected chi connectivity index (χ3v) is 4.14. The van der Waals surface area contributed by atoms with Gasteiger partial charge in [0.2, 0.25) is 5.91 Å². The number of fused-ring (bicyclic) bond motifs is 1. The molecular formula is C19H29N3O3. The van der Waals surface area contributed by atoms with Gasteiger partial charge in [-0.3, -0.25) is 4.79 Å². The molecule has 3 amide bonds. The Morgan fingerprint density at radius 3 is 2.64 bits per heavy atom. The Hall–Kier alpha value is -2.08. The molecule has 1 aromatic carbocycles. The third kappa shape index (κ3) is 5.19. The number of anilines is 2. The zero-order chi connectivity index (χ0) is 18.6. The van der Waals surface area contributed by atoms with Gasteiger partial charge in [0.15, 0.2) is 0 Å². The number of carbonyl (C=O) groups is 2. The number of hydrogen-bond acceptors (Lipinski definition) is 3. The lowest BCUT2D eigenvalue weighted by molar-refractivity contribution is -0.116. The fraction of sp³-hybridized carbons (Fsp3) is 0.579. The molecule has 0 saturated heterocycles. The molecule has 1 aromatic rings. The third-order valence-electron chi connectivity index (χ3n) is 4.14. The standard InChI is InChI=1S/C19H29N3O3/c1-14(24)22-10-8-15-12-16(6-7-17(15)22)20-18(25)21(9-5-11-23)13-19(2,3)4/h6-7,12,23H,5,8-11,13H2,1-4H3,(H,20,25). The summed E-state index contributed by atoms with van der Waals surface area (Å²) in [7, 11) is 0. The first-order valence-corrected chi connectivity index (χ1v) is 8.79. The van der Waals surface area contributed by atoms with Crippen molar-refractivity contribution < 1.29 is 14.7 Å². The van der Waals surface area contributed by atoms with Gasteiger partial charge in [0, 0.05) is 44.5 Å². The molecule has 1 heterocycles. The van der Waals surface area contributed by atoms with E-state index in [1.165, 1.54) is 0 Å². The minimum Gasteiger partial charge on any atom is -0.396 e. The number of urea groups is 1. The Labute approximate surface area is 149 Å². The second kappa shape index (κ2) is 7.87. The van der Waals surface area contributed by atoms with Crippen LogP contribution in [0.15, 0.2) is 18.2 Å². The van der Waals surface area contributed by atoms with Crippen LogP contribution in [0.2, 0.25) is 0 Å². The normalized spacial score (nSPS) is 13.6. The largest absolute Gasteiger partial charge is 0.396 e. The Bertz CT molecular complexity index is 637. The maximum atomic E-state index is 12.6. The number of nitrogens with one attached hydrogen (secondary N) is 1. The molecule has 0 radical (unpaired) electrons. The molecule has 138 valence electrons. The fourth-order valence-electron chi connectivity index (χ4n) is 3.10. The van der Waals surface area contributed by atoms with Crippen molar-refractivity contribution in [1.82, 2.24) is 4.90 Å². The second-order valence-electron chi connectivity index (χ2n) is 7.75. The molecule has 0 atom stereocenters. The molecule has 0 aromatic heterocycles. The first-order chi connectivity index (χ1) is 11.7. The van der Waals surface area contributed by atoms with Crippen molar-refractivity contribution in [3.63, 3.8) is 0 Å². The summed E-state index contributed by atoms with van der Waals surface area (Å²) in [6.07, 6.45) is 1.36. The number of aliphatic hydroxyl groups is 1. The first-order valence-electron chi connectivity index (χ1n) is 8.79. The average Bonchev–Trinajstić information content (AvgIpc) is 2.93. The van der Waals surface area contributed by atoms with E-state index in [1.807, 2.05) is 18.2 Å². The lowest BCUT2D eigenvalue weighted by Crippen LogP contribution is -2.41. The van der Waals surface area contributed by atoms with Crippen molar-refractivity contribution in [2.75, 3.05) is 36.5 Å². The Kier molecular flexibility index (Phi) is 6.06. The highest BCUT2D eigenvalue weighted by Crippen LogP contribution is 2.30. The van der Waals surface area contributed by atoms with Crippen molar-refractivity contribution in [2.24, 2.45) is 5.41 Å². The van der Waals surface area contributed by atoms with Gasteiger partial charge in [-0.25, -0.2) is 4.79 Å². The molecule has 2 N–H and O–H groups in total. The maximum absolute atomic E-state index is 12.6. The van der Waals surface area contributed by atoms with Crippen molar-refractivity contribution in [3.05, 3.63) is 23.8 Å². The predicted molar refractivity (Wildman–Crippen MR) is 99.9 cm³/mol. The fourth-order valence-corrected chi connectivity index (χ4v) is 3.10. The molecule has 1 aliphatic rings. The highest BCUT2D eigenvalue weighted by atomic mass is 16.3. The number of rotatable bonds is 5. The van der Waals surface area contributed by atoms with Crippen LogP contribution in [0, 0.1) is 5.41 Å². The second-order valence-corrected chi connectivity index (χ2v) is 7.75. The average molecular weight is 347 g/mol. The lowest BCUT2D eigenvalue weighted by atomic mass is 9.96. The summed E-state index contributed by atoms with van der Waals surface area (Å²) in [5.74, 6) is 0.0379. The molecule has 0 bridgehead atoms. The monoisotopic (exact) mass is 347 g/mol. The molecule has 1 aliphatic heterocycles. The van der Waals surface area contributed by atoms with Gasteiger partial charge in [-0.1, -0.05) is 20.8 Å². The predicted octanol–water partition coefficient (Wildman–Crippen LogP) is 2.86. The van der Waals surface area contributed by atoms with Crippen molar-refractivity contribution in [1.29, 1.82) is 0 Å². The van der Waals surface area contributed by atoms with Crippen molar-refractivity contribution in [2.45, 2.75) is 40.5 Å². The van der Waals surface area contributed by atoms with Crippen LogP contribution < -0.4 is 10.2 Å². The zero-order valence-corrected chi connectivity index (χ0v) is 15.6. The van der Waals surface area contributed by atoms with Gasteiger partial charge in [-0.05, 0) is 42.0 Å². The molecule has 0 spiro atoms. The topological polar surface area (TPSA) is 72.9 Å². The van der Waals surface area contributed by atoms with E-state index < -0.39 is 0 Å². The van der Waals surface area contributed by atoms with Crippen LogP contribution in [0.25, 0.3) is 0 Å². The summed E-state index contributed by atoms with van der Waals surface area (Å²) in [6.45, 7) is 9.69. The van der Waals surface area contributed by atoms with E-state index in [2.05, 4.69) is 26.1 Å². The summed E-state index contributed by atoms with van der Waals surface area (Å²) in [5, 5.41) is 12.0. The molecule has 0 fully saturated rings. The van der Waals surface area contributed by atoms with Crippen molar-refractivity contribution in [3.8, 4) is 0 Å². The summed E-state index contributed by atoms with van der Waals surface area (Å²) >= 11 is 0. The number of nitrogens with zero attached hydrogens (tertiary/aromatic N) is 2. The zero-order valence-electron chi connectivity index (χ0n) is 15.6. The van der Waals surface area contributed by atoms with Crippen LogP contribution in [0.3, 0.4) is 0 Å². The summed E-state index contributed by atoms with van der Waals surface area (Å²) in [6, 6.07) is 5.50. The highest BCUT2D eigenvalue weighted by Gasteiger charge is 2.24. The van der Waals surface area contributed by atoms with Crippen LogP contribution in [-0.4, -0.2) is 48.2 Å². The molecule has 6 nitrogen and oxygen atoms in total. The quantitative estimate of drug-likeness (QED) is 0.860. The van der Waals surface area contributed by atoms with Gasteiger partial charge >= 0.3 is 6.03 Å². The molecule has 25 heavy (non-hydrogen) atoms. The van der Waals surface area contributed by atoms with Crippen LogP contribution in [0.5, 0.6) is 0 Å². The number of aliphatic hydroxyl groups excluding tert-OH is 1. The van der Waals surface area contributed by atoms with E-state index >= 15 is 0 Å². The van der Waals surface area contributed by atoms with Crippen LogP contribution in [0.4, 0.5) is 16.2 Å². The van der Waals surface area contributed by atoms with E-state index in [9.17, 15) is 9.59 Å². The smallest absolute Gasteiger partial charge is 0.321 e. The van der Waals surface area contributed by atoms with E-state index in [4.69, 9.17) is 5.11 Å². The van der Waals surface area contributed by atoms with Crippen LogP contribution in [-0.2, 0) is 11.2 Å². The van der Waals surface area contributed by atoms with Gasteiger partial charge in [0.05, 0.1) is 0 Å². The van der Waals surface area contributed by atoms with Gasteiger partial charge in [-0.15, -0.1) is 0 Å². The Balaban J connectivity index is 2.09.